The number of nitrogens with zero attached hydrogens (tertiary/aromatic N) is 6. The number of nitriles is 1. The molecule has 0 aliphatic rings. The minimum Gasteiger partial charge on any atom is -0.501 e. The van der Waals surface area contributed by atoms with Gasteiger partial charge in [0.15, 0.2) is 0 Å². The van der Waals surface area contributed by atoms with Crippen LogP contribution in [0.15, 0.2) is 61.4 Å². The first-order valence-electron chi connectivity index (χ1n) is 11.1. The summed E-state index contributed by atoms with van der Waals surface area (Å²) < 4.78 is 14.4. The highest BCUT2D eigenvalue weighted by molar-refractivity contribution is 14.1. The Labute approximate surface area is 343 Å². The van der Waals surface area contributed by atoms with Crippen LogP contribution in [-0.2, 0) is 4.57 Å². The van der Waals surface area contributed by atoms with E-state index in [-0.39, 0.29) is 15.9 Å². The minimum absolute atomic E-state index is 0.138. The molecule has 0 aliphatic heterocycles. The molecule has 0 saturated carbocycles. The zero-order valence-corrected chi connectivity index (χ0v) is 34.9. The highest BCUT2D eigenvalue weighted by Gasteiger charge is 2.22. The predicted molar refractivity (Wildman–Crippen MR) is 218 cm³/mol. The maximum Gasteiger partial charge on any atom is 0.375 e. The van der Waals surface area contributed by atoms with Crippen LogP contribution in [0.1, 0.15) is 0 Å². The van der Waals surface area contributed by atoms with Gasteiger partial charge in [-0.15, -0.1) is 0 Å². The molecule has 2 heterocycles. The number of aromatic amines is 2. The Balaban J connectivity index is 0. The van der Waals surface area contributed by atoms with Gasteiger partial charge in [-0.3, -0.25) is 34.4 Å². The molecular formula is C21H14Cl6I3N10O8P. The molecule has 0 spiro atoms. The number of nitrogens with one attached hydrogen (secondary N) is 3. The topological polar surface area (TPSA) is 300 Å². The number of fused-ring (bicyclic) bond motifs is 2. The van der Waals surface area contributed by atoms with Crippen molar-refractivity contribution < 1.29 is 19.5 Å². The molecule has 0 aliphatic carbocycles. The zero-order chi connectivity index (χ0) is 38.5. The fourth-order valence-electron chi connectivity index (χ4n) is 2.84. The number of rotatable bonds is 3. The van der Waals surface area contributed by atoms with Crippen LogP contribution >= 0.6 is 141 Å². The van der Waals surface area contributed by atoms with Crippen LogP contribution in [0.4, 0.5) is 11.4 Å². The average molecular weight is 1160 g/mol. The Morgan fingerprint density at radius 3 is 1.57 bits per heavy atom. The largest absolute Gasteiger partial charge is 0.501 e. The summed E-state index contributed by atoms with van der Waals surface area (Å²) in [6.45, 7) is 0. The Bertz CT molecular complexity index is 1910. The lowest BCUT2D eigenvalue weighted by atomic mass is 10.2. The number of hydrogen-bond acceptors (Lipinski definition) is 13. The summed E-state index contributed by atoms with van der Waals surface area (Å²) in [5.74, 6) is 3.46. The lowest BCUT2D eigenvalue weighted by Crippen LogP contribution is -2.12. The van der Waals surface area contributed by atoms with Gasteiger partial charge in [-0.2, -0.15) is 21.0 Å². The number of aromatic hydroxyl groups is 1. The standard InChI is InChI=1S/C9H4Cl2N2O3.C9H5ClN2O4.C2H2I2N2.CIN.Cl3OP.H3N3/c10-4-1-2-6-5(3-4)7(11)8(13(15)16)9(14)12-6;10-4-1-2-6-5(3-4)8(13)7(12(15)16)9(14)11-6;3-1-5-6-2-4;2-1-3;1-5(2,3)4;1-3-2/h1-3H,(H,12,14);1-3H,(H2,11,13,14);1-2H;;;(H3,1,2)/b;;5-1+,6-2+;;;. The van der Waals surface area contributed by atoms with Gasteiger partial charge < -0.3 is 20.9 Å². The molecule has 49 heavy (non-hydrogen) atoms. The first kappa shape index (κ1) is 49.0. The first-order chi connectivity index (χ1) is 22.7. The maximum absolute atomic E-state index is 11.4. The fraction of sp³-hybridized carbons (Fsp3) is 0. The van der Waals surface area contributed by atoms with Gasteiger partial charge in [0.05, 0.1) is 51.9 Å². The molecule has 0 radical (unpaired) electrons. The number of halogens is 9. The minimum atomic E-state index is -3.22. The van der Waals surface area contributed by atoms with Gasteiger partial charge in [-0.25, -0.2) is 0 Å². The van der Waals surface area contributed by atoms with Gasteiger partial charge in [-0.1, -0.05) is 40.0 Å². The van der Waals surface area contributed by atoms with E-state index in [0.717, 1.165) is 0 Å². The van der Waals surface area contributed by atoms with Crippen molar-refractivity contribution in [2.24, 2.45) is 21.3 Å². The molecule has 0 bridgehead atoms. The highest BCUT2D eigenvalue weighted by atomic mass is 127. The van der Waals surface area contributed by atoms with Crippen LogP contribution in [0.5, 0.6) is 5.75 Å². The Hall–Kier alpha value is -2.15. The molecule has 6 N–H and O–H groups in total. The molecule has 0 atom stereocenters. The van der Waals surface area contributed by atoms with Crippen molar-refractivity contribution in [2.75, 3.05) is 0 Å². The van der Waals surface area contributed by atoms with Crippen molar-refractivity contribution in [1.29, 1.82) is 10.8 Å². The third-order valence-corrected chi connectivity index (χ3v) is 5.68. The van der Waals surface area contributed by atoms with Gasteiger partial charge >= 0.3 is 27.7 Å². The monoisotopic (exact) mass is 1160 g/mol. The van der Waals surface area contributed by atoms with E-state index in [4.69, 9.17) is 45.6 Å². The van der Waals surface area contributed by atoms with Crippen molar-refractivity contribution in [3.05, 3.63) is 92.4 Å². The SMILES string of the molecule is I/C=N/N=C/I.N#CI.N=NN.O=P(Cl)(Cl)Cl.O=c1[nH]c2ccc(Cl)cc2c(Cl)c1[N+](=O)[O-].O=c1[nH]c2ccc(Cl)cc2c(O)c1[N+](=O)[O-]. The van der Waals surface area contributed by atoms with E-state index in [1.807, 2.05) is 45.2 Å². The van der Waals surface area contributed by atoms with Crippen LogP contribution < -0.4 is 17.0 Å². The predicted octanol–water partition coefficient (Wildman–Crippen LogP) is 9.97. The fourth-order valence-corrected chi connectivity index (χ4v) is 3.78. The number of nitro groups is 2. The number of aromatic nitrogens is 2. The van der Waals surface area contributed by atoms with E-state index < -0.39 is 43.3 Å². The van der Waals surface area contributed by atoms with Crippen molar-refractivity contribution in [3.63, 3.8) is 0 Å². The Morgan fingerprint density at radius 1 is 0.898 bits per heavy atom. The second kappa shape index (κ2) is 25.7. The summed E-state index contributed by atoms with van der Waals surface area (Å²) >= 11 is 36.7. The van der Waals surface area contributed by atoms with Crippen LogP contribution in [0, 0.1) is 35.1 Å². The van der Waals surface area contributed by atoms with Crippen LogP contribution in [-0.4, -0.2) is 33.4 Å². The van der Waals surface area contributed by atoms with Crippen LogP contribution in [0.25, 0.3) is 21.8 Å². The summed E-state index contributed by atoms with van der Waals surface area (Å²) in [6.07, 6.45) is 0. The molecule has 0 amide bonds. The molecule has 4 aromatic rings. The summed E-state index contributed by atoms with van der Waals surface area (Å²) in [5, 5.41) is 45.1. The molecule has 28 heteroatoms. The molecule has 4 rings (SSSR count). The second-order valence-corrected chi connectivity index (χ2v) is 16.7. The number of H-pyrrole nitrogens is 2. The highest BCUT2D eigenvalue weighted by Crippen LogP contribution is 2.61. The van der Waals surface area contributed by atoms with Crippen molar-refractivity contribution in [1.82, 2.24) is 9.97 Å². The zero-order valence-electron chi connectivity index (χ0n) is 23.0. The smallest absolute Gasteiger partial charge is 0.375 e. The van der Waals surface area contributed by atoms with Crippen LogP contribution in [0.3, 0.4) is 0 Å². The Morgan fingerprint density at radius 2 is 1.22 bits per heavy atom. The third kappa shape index (κ3) is 19.7. The summed E-state index contributed by atoms with van der Waals surface area (Å²) in [6, 6.07) is 8.86. The Kier molecular flexibility index (Phi) is 25.7. The van der Waals surface area contributed by atoms with Gasteiger partial charge in [0.2, 0.25) is 5.75 Å². The van der Waals surface area contributed by atoms with Gasteiger partial charge in [0, 0.05) is 20.8 Å². The summed E-state index contributed by atoms with van der Waals surface area (Å²) in [4.78, 5) is 46.8. The van der Waals surface area contributed by atoms with Gasteiger partial charge in [0.1, 0.15) is 9.10 Å². The lowest BCUT2D eigenvalue weighted by Gasteiger charge is -2.01. The molecule has 2 aromatic carbocycles. The molecule has 264 valence electrons. The van der Waals surface area contributed by atoms with Crippen molar-refractivity contribution in [2.45, 2.75) is 0 Å². The van der Waals surface area contributed by atoms with Crippen molar-refractivity contribution in [3.8, 4) is 9.83 Å². The van der Waals surface area contributed by atoms with E-state index in [1.54, 1.807) is 41.2 Å². The molecule has 18 nitrogen and oxygen atoms in total. The summed E-state index contributed by atoms with van der Waals surface area (Å²) in [5.41, 5.74) is 2.98. The van der Waals surface area contributed by atoms with E-state index in [2.05, 4.69) is 65.0 Å². The van der Waals surface area contributed by atoms with Crippen LogP contribution in [0.2, 0.25) is 15.1 Å². The van der Waals surface area contributed by atoms with Gasteiger partial charge in [-0.05, 0) is 115 Å². The van der Waals surface area contributed by atoms with Crippen molar-refractivity contribution >= 4 is 183 Å². The number of hydrogen-bond donors (Lipinski definition) is 5. The maximum atomic E-state index is 11.4. The average Bonchev–Trinajstić information content (AvgIpc) is 2.97. The third-order valence-electron chi connectivity index (χ3n) is 4.33. The number of nitrogens with two attached hydrogens (primary N) is 1. The van der Waals surface area contributed by atoms with E-state index in [0.29, 0.717) is 20.9 Å². The molecular weight excluding hydrogens is 1140 g/mol. The molecule has 0 fully saturated rings. The number of benzene rings is 2. The normalized spacial score (nSPS) is 9.96. The van der Waals surface area contributed by atoms with E-state index in [9.17, 15) is 39.5 Å². The molecule has 2 aromatic heterocycles. The van der Waals surface area contributed by atoms with E-state index in [1.165, 1.54) is 30.3 Å². The summed E-state index contributed by atoms with van der Waals surface area (Å²) in [7, 11) is 0. The molecule has 0 saturated heterocycles. The number of pyridine rings is 2. The van der Waals surface area contributed by atoms with E-state index >= 15 is 0 Å². The second-order valence-electron chi connectivity index (χ2n) is 7.20. The lowest BCUT2D eigenvalue weighted by molar-refractivity contribution is -0.387. The quantitative estimate of drug-likeness (QED) is 0.0246. The molecule has 0 unspecified atom stereocenters. The van der Waals surface area contributed by atoms with Gasteiger partial charge in [0.25, 0.3) is 0 Å². The first-order valence-corrected chi connectivity index (χ1v) is 20.2.